The summed E-state index contributed by atoms with van der Waals surface area (Å²) < 4.78 is 7.50. The Morgan fingerprint density at radius 1 is 1.21 bits per heavy atom. The monoisotopic (exact) mass is 341 g/mol. The van der Waals surface area contributed by atoms with Crippen LogP contribution in [0.1, 0.15) is 5.82 Å². The van der Waals surface area contributed by atoms with E-state index in [1.165, 1.54) is 0 Å². The van der Waals surface area contributed by atoms with E-state index in [4.69, 9.17) is 16.3 Å². The minimum absolute atomic E-state index is 0.115. The number of carbonyl (C=O) groups excluding carboxylic acids is 1. The third-order valence-corrected chi connectivity index (χ3v) is 3.75. The molecular formula is C18H16ClN3O2. The van der Waals surface area contributed by atoms with Gasteiger partial charge >= 0.3 is 0 Å². The van der Waals surface area contributed by atoms with Crippen molar-refractivity contribution in [1.82, 2.24) is 9.55 Å². The average Bonchev–Trinajstić information content (AvgIpc) is 2.96. The van der Waals surface area contributed by atoms with E-state index in [2.05, 4.69) is 10.3 Å². The van der Waals surface area contributed by atoms with E-state index in [9.17, 15) is 4.79 Å². The highest BCUT2D eigenvalue weighted by atomic mass is 35.5. The van der Waals surface area contributed by atoms with Gasteiger partial charge in [-0.1, -0.05) is 23.7 Å². The van der Waals surface area contributed by atoms with E-state index >= 15 is 0 Å². The minimum atomic E-state index is -0.115. The molecule has 0 aliphatic rings. The van der Waals surface area contributed by atoms with Gasteiger partial charge < -0.3 is 14.6 Å². The normalized spacial score (nSPS) is 10.4. The summed E-state index contributed by atoms with van der Waals surface area (Å²) in [6, 6.07) is 14.4. The summed E-state index contributed by atoms with van der Waals surface area (Å²) in [4.78, 5) is 16.1. The summed E-state index contributed by atoms with van der Waals surface area (Å²) in [5.41, 5.74) is 0.698. The molecule has 0 saturated heterocycles. The molecule has 24 heavy (non-hydrogen) atoms. The molecule has 6 heteroatoms. The van der Waals surface area contributed by atoms with Crippen LogP contribution in [0.15, 0.2) is 60.9 Å². The summed E-state index contributed by atoms with van der Waals surface area (Å²) in [7, 11) is 0. The highest BCUT2D eigenvalue weighted by molar-refractivity contribution is 6.32. The quantitative estimate of drug-likeness (QED) is 0.753. The molecule has 0 unspecified atom stereocenters. The van der Waals surface area contributed by atoms with Gasteiger partial charge in [0.05, 0.1) is 5.02 Å². The van der Waals surface area contributed by atoms with Crippen LogP contribution in [0.25, 0.3) is 0 Å². The van der Waals surface area contributed by atoms with Gasteiger partial charge in [-0.2, -0.15) is 0 Å². The predicted octanol–water partition coefficient (Wildman–Crippen LogP) is 4.28. The molecule has 1 N–H and O–H groups in total. The van der Waals surface area contributed by atoms with Crippen LogP contribution < -0.4 is 10.1 Å². The lowest BCUT2D eigenvalue weighted by molar-refractivity contribution is -0.116. The number of aromatic nitrogens is 2. The van der Waals surface area contributed by atoms with E-state index in [1.807, 2.05) is 19.1 Å². The highest BCUT2D eigenvalue weighted by Gasteiger charge is 2.06. The van der Waals surface area contributed by atoms with Crippen LogP contribution in [-0.2, 0) is 11.3 Å². The lowest BCUT2D eigenvalue weighted by atomic mass is 10.3. The number of imidazole rings is 1. The topological polar surface area (TPSA) is 56.2 Å². The van der Waals surface area contributed by atoms with Crippen molar-refractivity contribution in [2.45, 2.75) is 13.5 Å². The molecule has 3 aromatic rings. The summed E-state index contributed by atoms with van der Waals surface area (Å²) in [6.07, 6.45) is 3.44. The first-order valence-electron chi connectivity index (χ1n) is 7.42. The van der Waals surface area contributed by atoms with Crippen molar-refractivity contribution in [3.05, 3.63) is 71.8 Å². The number of nitrogens with one attached hydrogen (secondary N) is 1. The SMILES string of the molecule is Cc1nccn1CC(=O)Nc1ccc(Oc2ccccc2Cl)cc1. The number of halogens is 1. The Morgan fingerprint density at radius 3 is 2.62 bits per heavy atom. The summed E-state index contributed by atoms with van der Waals surface area (Å²) in [6.45, 7) is 2.08. The molecule has 0 atom stereocenters. The standard InChI is InChI=1S/C18H16ClN3O2/c1-13-20-10-11-22(13)12-18(23)21-14-6-8-15(9-7-14)24-17-5-3-2-4-16(17)19/h2-11H,12H2,1H3,(H,21,23). The Balaban J connectivity index is 1.61. The summed E-state index contributed by atoms with van der Waals surface area (Å²) in [5, 5.41) is 3.39. The molecule has 122 valence electrons. The maximum Gasteiger partial charge on any atom is 0.244 e. The number of benzene rings is 2. The predicted molar refractivity (Wildman–Crippen MR) is 93.6 cm³/mol. The molecule has 3 rings (SSSR count). The number of aryl methyl sites for hydroxylation is 1. The Bertz CT molecular complexity index is 843. The smallest absolute Gasteiger partial charge is 0.244 e. The van der Waals surface area contributed by atoms with E-state index in [1.54, 1.807) is 53.4 Å². The fraction of sp³-hybridized carbons (Fsp3) is 0.111. The van der Waals surface area contributed by atoms with Crippen molar-refractivity contribution >= 4 is 23.2 Å². The zero-order chi connectivity index (χ0) is 16.9. The zero-order valence-electron chi connectivity index (χ0n) is 13.1. The van der Waals surface area contributed by atoms with Crippen LogP contribution in [0.3, 0.4) is 0 Å². The van der Waals surface area contributed by atoms with Crippen molar-refractivity contribution < 1.29 is 9.53 Å². The van der Waals surface area contributed by atoms with Crippen LogP contribution in [0.4, 0.5) is 5.69 Å². The highest BCUT2D eigenvalue weighted by Crippen LogP contribution is 2.29. The molecule has 0 spiro atoms. The van der Waals surface area contributed by atoms with Crippen molar-refractivity contribution in [3.8, 4) is 11.5 Å². The van der Waals surface area contributed by atoms with Crippen molar-refractivity contribution in [1.29, 1.82) is 0 Å². The summed E-state index contributed by atoms with van der Waals surface area (Å²) >= 11 is 6.07. The largest absolute Gasteiger partial charge is 0.456 e. The van der Waals surface area contributed by atoms with Gasteiger partial charge in [-0.15, -0.1) is 0 Å². The molecule has 0 aliphatic heterocycles. The second kappa shape index (κ2) is 7.19. The number of ether oxygens (including phenoxy) is 1. The molecule has 5 nitrogen and oxygen atoms in total. The Kier molecular flexibility index (Phi) is 4.82. The molecule has 0 aliphatic carbocycles. The van der Waals surface area contributed by atoms with Gasteiger partial charge in [-0.3, -0.25) is 4.79 Å². The zero-order valence-corrected chi connectivity index (χ0v) is 13.8. The van der Waals surface area contributed by atoms with Crippen molar-refractivity contribution in [3.63, 3.8) is 0 Å². The molecular weight excluding hydrogens is 326 g/mol. The minimum Gasteiger partial charge on any atom is -0.456 e. The third kappa shape index (κ3) is 3.94. The molecule has 0 fully saturated rings. The van der Waals surface area contributed by atoms with Gasteiger partial charge in [0.25, 0.3) is 0 Å². The first-order chi connectivity index (χ1) is 11.6. The molecule has 2 aromatic carbocycles. The molecule has 0 radical (unpaired) electrons. The third-order valence-electron chi connectivity index (χ3n) is 3.44. The van der Waals surface area contributed by atoms with Crippen LogP contribution in [0.2, 0.25) is 5.02 Å². The fourth-order valence-corrected chi connectivity index (χ4v) is 2.36. The second-order valence-electron chi connectivity index (χ2n) is 5.21. The van der Waals surface area contributed by atoms with E-state index in [-0.39, 0.29) is 12.5 Å². The number of anilines is 1. The average molecular weight is 342 g/mol. The van der Waals surface area contributed by atoms with E-state index in [0.29, 0.717) is 22.2 Å². The maximum absolute atomic E-state index is 12.0. The second-order valence-corrected chi connectivity index (χ2v) is 5.61. The molecule has 0 saturated carbocycles. The number of rotatable bonds is 5. The van der Waals surface area contributed by atoms with Gasteiger partial charge in [-0.05, 0) is 43.3 Å². The van der Waals surface area contributed by atoms with E-state index in [0.717, 1.165) is 5.82 Å². The first-order valence-corrected chi connectivity index (χ1v) is 7.79. The Hall–Kier alpha value is -2.79. The lowest BCUT2D eigenvalue weighted by Crippen LogP contribution is -2.18. The fourth-order valence-electron chi connectivity index (χ4n) is 2.19. The number of nitrogens with zero attached hydrogens (tertiary/aromatic N) is 2. The van der Waals surface area contributed by atoms with Crippen molar-refractivity contribution in [2.75, 3.05) is 5.32 Å². The lowest BCUT2D eigenvalue weighted by Gasteiger charge is -2.09. The van der Waals surface area contributed by atoms with Crippen molar-refractivity contribution in [2.24, 2.45) is 0 Å². The molecule has 1 amide bonds. The number of hydrogen-bond donors (Lipinski definition) is 1. The number of hydrogen-bond acceptors (Lipinski definition) is 3. The van der Waals surface area contributed by atoms with Crippen LogP contribution >= 0.6 is 11.6 Å². The van der Waals surface area contributed by atoms with Gasteiger partial charge in [0, 0.05) is 18.1 Å². The Morgan fingerprint density at radius 2 is 1.96 bits per heavy atom. The van der Waals surface area contributed by atoms with Gasteiger partial charge in [-0.25, -0.2) is 4.98 Å². The summed E-state index contributed by atoms with van der Waals surface area (Å²) in [5.74, 6) is 1.92. The van der Waals surface area contributed by atoms with Crippen LogP contribution in [0, 0.1) is 6.92 Å². The van der Waals surface area contributed by atoms with E-state index < -0.39 is 0 Å². The Labute approximate surface area is 144 Å². The number of para-hydroxylation sites is 1. The molecule has 0 bridgehead atoms. The van der Waals surface area contributed by atoms with Gasteiger partial charge in [0.15, 0.2) is 0 Å². The molecule has 1 aromatic heterocycles. The maximum atomic E-state index is 12.0. The van der Waals surface area contributed by atoms with Crippen LogP contribution in [-0.4, -0.2) is 15.5 Å². The van der Waals surface area contributed by atoms with Crippen LogP contribution in [0.5, 0.6) is 11.5 Å². The number of carbonyl (C=O) groups is 1. The first kappa shape index (κ1) is 16.1. The molecule has 1 heterocycles. The number of amides is 1. The van der Waals surface area contributed by atoms with Gasteiger partial charge in [0.1, 0.15) is 23.9 Å². The van der Waals surface area contributed by atoms with Gasteiger partial charge in [0.2, 0.25) is 5.91 Å².